The molecule has 1 aliphatic rings. The van der Waals surface area contributed by atoms with E-state index in [1.54, 1.807) is 11.3 Å². The van der Waals surface area contributed by atoms with Gasteiger partial charge in [-0.2, -0.15) is 5.53 Å². The quantitative estimate of drug-likeness (QED) is 0.421. The van der Waals surface area contributed by atoms with Crippen LogP contribution in [0.2, 0.25) is 0 Å². The van der Waals surface area contributed by atoms with Crippen molar-refractivity contribution in [2.24, 2.45) is 10.8 Å². The molecule has 0 saturated carbocycles. The molecule has 0 fully saturated rings. The number of hydrazine groups is 2. The van der Waals surface area contributed by atoms with Gasteiger partial charge in [0, 0.05) is 13.1 Å². The molecule has 0 aromatic heterocycles. The molecule has 0 saturated heterocycles. The third-order valence-electron chi connectivity index (χ3n) is 1.32. The number of hydrogen-bond donors (Lipinski definition) is 2. The standard InChI is InChI=1S/C5H12N4.ClH/c6-8-9-4-2-1-3-7-5-9;/h5,8H,1-4,6H2;1H. The van der Waals surface area contributed by atoms with Crippen molar-refractivity contribution in [3.63, 3.8) is 0 Å². The molecule has 1 heterocycles. The van der Waals surface area contributed by atoms with Crippen LogP contribution in [0, 0.1) is 0 Å². The highest BCUT2D eigenvalue weighted by atomic mass is 35.5. The Hall–Kier alpha value is -0.320. The Morgan fingerprint density at radius 1 is 1.50 bits per heavy atom. The monoisotopic (exact) mass is 164 g/mol. The molecule has 0 aromatic carbocycles. The zero-order valence-corrected chi connectivity index (χ0v) is 6.60. The van der Waals surface area contributed by atoms with Gasteiger partial charge in [0.25, 0.3) is 0 Å². The van der Waals surface area contributed by atoms with Gasteiger partial charge in [0.15, 0.2) is 0 Å². The van der Waals surface area contributed by atoms with Gasteiger partial charge in [0.05, 0.1) is 0 Å². The van der Waals surface area contributed by atoms with Crippen LogP contribution in [0.4, 0.5) is 0 Å². The molecule has 10 heavy (non-hydrogen) atoms. The average molecular weight is 165 g/mol. The van der Waals surface area contributed by atoms with Gasteiger partial charge in [-0.1, -0.05) is 0 Å². The van der Waals surface area contributed by atoms with E-state index in [1.165, 1.54) is 0 Å². The third kappa shape index (κ3) is 3.00. The molecule has 60 valence electrons. The number of halogens is 1. The molecule has 0 amide bonds. The van der Waals surface area contributed by atoms with E-state index in [0.717, 1.165) is 25.9 Å². The highest BCUT2D eigenvalue weighted by molar-refractivity contribution is 5.85. The summed E-state index contributed by atoms with van der Waals surface area (Å²) in [6.07, 6.45) is 4.06. The fourth-order valence-electron chi connectivity index (χ4n) is 0.797. The lowest BCUT2D eigenvalue weighted by Gasteiger charge is -2.13. The van der Waals surface area contributed by atoms with Crippen LogP contribution in [0.1, 0.15) is 12.8 Å². The van der Waals surface area contributed by atoms with Crippen molar-refractivity contribution >= 4 is 18.7 Å². The molecule has 5 heteroatoms. The first-order chi connectivity index (χ1) is 4.43. The SMILES string of the molecule is Cl.NNN1C=NCCCC1. The first kappa shape index (κ1) is 9.68. The lowest BCUT2D eigenvalue weighted by molar-refractivity contribution is 0.323. The molecule has 1 rings (SSSR count). The molecule has 0 unspecified atom stereocenters. The van der Waals surface area contributed by atoms with E-state index in [-0.39, 0.29) is 12.4 Å². The Labute approximate surface area is 66.8 Å². The second-order valence-electron chi connectivity index (χ2n) is 2.05. The van der Waals surface area contributed by atoms with Gasteiger partial charge in [-0.3, -0.25) is 15.8 Å². The van der Waals surface area contributed by atoms with Crippen LogP contribution < -0.4 is 11.4 Å². The Morgan fingerprint density at radius 2 is 2.30 bits per heavy atom. The van der Waals surface area contributed by atoms with Crippen molar-refractivity contribution in [1.82, 2.24) is 10.5 Å². The van der Waals surface area contributed by atoms with Crippen LogP contribution >= 0.6 is 12.4 Å². The number of rotatable bonds is 1. The lowest BCUT2D eigenvalue weighted by Crippen LogP contribution is -2.41. The summed E-state index contributed by atoms with van der Waals surface area (Å²) < 4.78 is 0. The smallest absolute Gasteiger partial charge is 0.100 e. The van der Waals surface area contributed by atoms with Gasteiger partial charge in [0.1, 0.15) is 6.34 Å². The lowest BCUT2D eigenvalue weighted by atomic mass is 10.3. The highest BCUT2D eigenvalue weighted by Crippen LogP contribution is 1.94. The van der Waals surface area contributed by atoms with E-state index in [1.807, 2.05) is 0 Å². The Morgan fingerprint density at radius 3 is 3.00 bits per heavy atom. The largest absolute Gasteiger partial charge is 0.285 e. The topological polar surface area (TPSA) is 53.6 Å². The van der Waals surface area contributed by atoms with E-state index in [2.05, 4.69) is 10.5 Å². The molecule has 0 radical (unpaired) electrons. The van der Waals surface area contributed by atoms with Gasteiger partial charge in [-0.25, -0.2) is 0 Å². The number of aliphatic imine (C=N–C) groups is 1. The van der Waals surface area contributed by atoms with Crippen molar-refractivity contribution in [3.05, 3.63) is 0 Å². The maximum atomic E-state index is 5.16. The molecule has 0 spiro atoms. The predicted octanol–water partition coefficient (Wildman–Crippen LogP) is -0.0894. The van der Waals surface area contributed by atoms with E-state index in [9.17, 15) is 0 Å². The predicted molar refractivity (Wildman–Crippen MR) is 43.9 cm³/mol. The molecule has 4 nitrogen and oxygen atoms in total. The Balaban J connectivity index is 0.000000810. The van der Waals surface area contributed by atoms with Crippen LogP contribution in [-0.4, -0.2) is 24.4 Å². The summed E-state index contributed by atoms with van der Waals surface area (Å²) in [6.45, 7) is 1.89. The fraction of sp³-hybridized carbons (Fsp3) is 0.800. The second kappa shape index (κ2) is 5.46. The van der Waals surface area contributed by atoms with Gasteiger partial charge in [-0.15, -0.1) is 12.4 Å². The second-order valence-corrected chi connectivity index (χ2v) is 2.05. The first-order valence-corrected chi connectivity index (χ1v) is 3.16. The summed E-state index contributed by atoms with van der Waals surface area (Å²) in [6, 6.07) is 0. The molecular formula is C5H13ClN4. The molecule has 0 atom stereocenters. The van der Waals surface area contributed by atoms with Crippen LogP contribution in [0.3, 0.4) is 0 Å². The Bertz CT molecular complexity index is 106. The van der Waals surface area contributed by atoms with Crippen LogP contribution in [0.5, 0.6) is 0 Å². The first-order valence-electron chi connectivity index (χ1n) is 3.16. The van der Waals surface area contributed by atoms with E-state index >= 15 is 0 Å². The van der Waals surface area contributed by atoms with Crippen molar-refractivity contribution in [2.75, 3.05) is 13.1 Å². The van der Waals surface area contributed by atoms with Gasteiger partial charge in [0.2, 0.25) is 0 Å². The van der Waals surface area contributed by atoms with Crippen molar-refractivity contribution in [1.29, 1.82) is 0 Å². The molecule has 0 aliphatic carbocycles. The van der Waals surface area contributed by atoms with Crippen LogP contribution in [0.25, 0.3) is 0 Å². The van der Waals surface area contributed by atoms with Crippen molar-refractivity contribution in [3.8, 4) is 0 Å². The average Bonchev–Trinajstić information content (AvgIpc) is 2.13. The number of hydrogen-bond acceptors (Lipinski definition) is 4. The van der Waals surface area contributed by atoms with Crippen molar-refractivity contribution in [2.45, 2.75) is 12.8 Å². The normalized spacial score (nSPS) is 17.9. The zero-order chi connectivity index (χ0) is 6.53. The number of nitrogens with one attached hydrogen (secondary N) is 1. The van der Waals surface area contributed by atoms with Gasteiger partial charge in [-0.05, 0) is 12.8 Å². The maximum Gasteiger partial charge on any atom is 0.100 e. The highest BCUT2D eigenvalue weighted by Gasteiger charge is 1.98. The van der Waals surface area contributed by atoms with Crippen molar-refractivity contribution < 1.29 is 0 Å². The van der Waals surface area contributed by atoms with Gasteiger partial charge < -0.3 is 0 Å². The summed E-state index contributed by atoms with van der Waals surface area (Å²) in [4.78, 5) is 4.08. The molecule has 1 aliphatic heterocycles. The van der Waals surface area contributed by atoms with Crippen LogP contribution in [0.15, 0.2) is 4.99 Å². The number of nitrogens with two attached hydrogens (primary N) is 1. The minimum absolute atomic E-state index is 0. The maximum absolute atomic E-state index is 5.16. The third-order valence-corrected chi connectivity index (χ3v) is 1.32. The summed E-state index contributed by atoms with van der Waals surface area (Å²) in [5.41, 5.74) is 2.53. The number of nitrogens with zero attached hydrogens (tertiary/aromatic N) is 2. The van der Waals surface area contributed by atoms with E-state index in [4.69, 9.17) is 5.84 Å². The zero-order valence-electron chi connectivity index (χ0n) is 5.79. The minimum Gasteiger partial charge on any atom is -0.285 e. The van der Waals surface area contributed by atoms with Gasteiger partial charge >= 0.3 is 0 Å². The summed E-state index contributed by atoms with van der Waals surface area (Å²) in [5, 5.41) is 1.78. The summed E-state index contributed by atoms with van der Waals surface area (Å²) in [5.74, 6) is 5.16. The summed E-state index contributed by atoms with van der Waals surface area (Å²) >= 11 is 0. The van der Waals surface area contributed by atoms with E-state index in [0.29, 0.717) is 0 Å². The summed E-state index contributed by atoms with van der Waals surface area (Å²) in [7, 11) is 0. The molecular weight excluding hydrogens is 152 g/mol. The van der Waals surface area contributed by atoms with E-state index < -0.39 is 0 Å². The molecule has 0 bridgehead atoms. The Kier molecular flexibility index (Phi) is 5.29. The van der Waals surface area contributed by atoms with Crippen LogP contribution in [-0.2, 0) is 0 Å². The minimum atomic E-state index is 0. The molecule has 0 aromatic rings. The molecule has 3 N–H and O–H groups in total. The fourth-order valence-corrected chi connectivity index (χ4v) is 0.797.